The molecule has 0 aliphatic carbocycles. The van der Waals surface area contributed by atoms with Crippen molar-refractivity contribution in [2.75, 3.05) is 38.2 Å². The van der Waals surface area contributed by atoms with E-state index in [1.165, 1.54) is 17.3 Å². The molecule has 1 aliphatic rings. The van der Waals surface area contributed by atoms with Gasteiger partial charge in [0.15, 0.2) is 0 Å². The number of H-pyrrole nitrogens is 1. The molecule has 0 spiro atoms. The number of methoxy groups -OCH3 is 1. The molecular formula is C29H30FN3O2. The van der Waals surface area contributed by atoms with E-state index in [-0.39, 0.29) is 11.7 Å². The molecular weight excluding hydrogens is 441 g/mol. The second kappa shape index (κ2) is 9.82. The van der Waals surface area contributed by atoms with Gasteiger partial charge in [0.25, 0.3) is 0 Å². The second-order valence-electron chi connectivity index (χ2n) is 9.10. The highest BCUT2D eigenvalue weighted by molar-refractivity contribution is 5.91. The van der Waals surface area contributed by atoms with Crippen LogP contribution in [0.2, 0.25) is 0 Å². The fourth-order valence-electron chi connectivity index (χ4n) is 4.91. The fraction of sp³-hybridized carbons (Fsp3) is 0.276. The zero-order valence-corrected chi connectivity index (χ0v) is 20.2. The van der Waals surface area contributed by atoms with Crippen LogP contribution in [0.25, 0.3) is 22.2 Å². The average Bonchev–Trinajstić information content (AvgIpc) is 3.25. The van der Waals surface area contributed by atoms with E-state index in [1.807, 2.05) is 29.2 Å². The van der Waals surface area contributed by atoms with Crippen molar-refractivity contribution in [2.24, 2.45) is 0 Å². The summed E-state index contributed by atoms with van der Waals surface area (Å²) >= 11 is 0. The van der Waals surface area contributed by atoms with Crippen molar-refractivity contribution in [2.45, 2.75) is 19.8 Å². The molecule has 3 aromatic carbocycles. The number of nitrogens with zero attached hydrogens (tertiary/aromatic N) is 2. The van der Waals surface area contributed by atoms with E-state index < -0.39 is 0 Å². The van der Waals surface area contributed by atoms with Gasteiger partial charge in [-0.3, -0.25) is 4.79 Å². The fourth-order valence-corrected chi connectivity index (χ4v) is 4.91. The van der Waals surface area contributed by atoms with E-state index in [9.17, 15) is 9.18 Å². The van der Waals surface area contributed by atoms with Crippen LogP contribution < -0.4 is 9.64 Å². The number of rotatable bonds is 6. The molecule has 1 aromatic heterocycles. The minimum absolute atomic E-state index is 0.139. The monoisotopic (exact) mass is 471 g/mol. The lowest BCUT2D eigenvalue weighted by Gasteiger charge is -2.36. The van der Waals surface area contributed by atoms with Gasteiger partial charge in [-0.05, 0) is 84.6 Å². The molecule has 6 heteroatoms. The van der Waals surface area contributed by atoms with E-state index in [2.05, 4.69) is 41.1 Å². The van der Waals surface area contributed by atoms with Crippen LogP contribution >= 0.6 is 0 Å². The molecule has 35 heavy (non-hydrogen) atoms. The lowest BCUT2D eigenvalue weighted by molar-refractivity contribution is -0.131. The van der Waals surface area contributed by atoms with E-state index >= 15 is 0 Å². The first kappa shape index (κ1) is 23.0. The number of hydrogen-bond donors (Lipinski definition) is 1. The third-order valence-electron chi connectivity index (χ3n) is 6.83. The number of hydrogen-bond acceptors (Lipinski definition) is 3. The first-order chi connectivity index (χ1) is 17.0. The molecule has 1 fully saturated rings. The molecule has 1 aliphatic heterocycles. The second-order valence-corrected chi connectivity index (χ2v) is 9.10. The number of aryl methyl sites for hydroxylation is 2. The molecule has 0 radical (unpaired) electrons. The summed E-state index contributed by atoms with van der Waals surface area (Å²) in [5.74, 6) is 0.635. The molecule has 5 rings (SSSR count). The summed E-state index contributed by atoms with van der Waals surface area (Å²) in [6, 6.07) is 21.0. The van der Waals surface area contributed by atoms with Crippen molar-refractivity contribution in [3.63, 3.8) is 0 Å². The third kappa shape index (κ3) is 4.87. The number of anilines is 1. The van der Waals surface area contributed by atoms with Gasteiger partial charge >= 0.3 is 0 Å². The Balaban J connectivity index is 1.31. The van der Waals surface area contributed by atoms with Gasteiger partial charge in [0.05, 0.1) is 7.11 Å². The number of piperazine rings is 1. The van der Waals surface area contributed by atoms with Crippen LogP contribution in [-0.2, 0) is 11.2 Å². The summed E-state index contributed by atoms with van der Waals surface area (Å²) < 4.78 is 19.4. The van der Waals surface area contributed by atoms with Gasteiger partial charge in [-0.1, -0.05) is 12.1 Å². The minimum atomic E-state index is -0.280. The maximum Gasteiger partial charge on any atom is 0.223 e. The number of carbonyl (C=O) groups is 1. The topological polar surface area (TPSA) is 48.6 Å². The quantitative estimate of drug-likeness (QED) is 0.400. The number of halogens is 1. The zero-order valence-electron chi connectivity index (χ0n) is 20.2. The van der Waals surface area contributed by atoms with Crippen molar-refractivity contribution < 1.29 is 13.9 Å². The average molecular weight is 472 g/mol. The third-order valence-corrected chi connectivity index (χ3v) is 6.83. The normalized spacial score (nSPS) is 13.9. The predicted molar refractivity (Wildman–Crippen MR) is 139 cm³/mol. The van der Waals surface area contributed by atoms with E-state index in [0.717, 1.165) is 46.6 Å². The highest BCUT2D eigenvalue weighted by Gasteiger charge is 2.22. The Hall–Kier alpha value is -3.80. The number of aromatic nitrogens is 1. The van der Waals surface area contributed by atoms with E-state index in [4.69, 9.17) is 4.74 Å². The largest absolute Gasteiger partial charge is 0.497 e. The molecule has 0 atom stereocenters. The lowest BCUT2D eigenvalue weighted by atomic mass is 10.0. The predicted octanol–water partition coefficient (Wildman–Crippen LogP) is 5.57. The molecule has 1 saturated heterocycles. The molecule has 0 unspecified atom stereocenters. The van der Waals surface area contributed by atoms with Crippen LogP contribution in [0.5, 0.6) is 5.75 Å². The highest BCUT2D eigenvalue weighted by atomic mass is 19.1. The molecule has 4 aromatic rings. The Bertz CT molecular complexity index is 1340. The Morgan fingerprint density at radius 2 is 1.77 bits per heavy atom. The first-order valence-electron chi connectivity index (χ1n) is 12.1. The zero-order chi connectivity index (χ0) is 24.4. The van der Waals surface area contributed by atoms with Gasteiger partial charge in [0, 0.05) is 54.9 Å². The SMILES string of the molecule is COc1ccc(-c2[nH]c3ccc(F)cc3c2CCC(=O)N2CCN(c3cccc(C)c3)CC2)cc1. The maximum atomic E-state index is 14.1. The maximum absolute atomic E-state index is 14.1. The lowest BCUT2D eigenvalue weighted by Crippen LogP contribution is -2.48. The van der Waals surface area contributed by atoms with Crippen molar-refractivity contribution in [1.82, 2.24) is 9.88 Å². The van der Waals surface area contributed by atoms with E-state index in [1.54, 1.807) is 19.2 Å². The molecule has 1 amide bonds. The van der Waals surface area contributed by atoms with Gasteiger partial charge in [-0.25, -0.2) is 4.39 Å². The van der Waals surface area contributed by atoms with Gasteiger partial charge in [-0.2, -0.15) is 0 Å². The summed E-state index contributed by atoms with van der Waals surface area (Å²) in [6.07, 6.45) is 0.929. The highest BCUT2D eigenvalue weighted by Crippen LogP contribution is 2.33. The molecule has 5 nitrogen and oxygen atoms in total. The van der Waals surface area contributed by atoms with Crippen LogP contribution in [0.1, 0.15) is 17.5 Å². The summed E-state index contributed by atoms with van der Waals surface area (Å²) in [4.78, 5) is 20.9. The molecule has 0 bridgehead atoms. The Labute approximate surface area is 205 Å². The first-order valence-corrected chi connectivity index (χ1v) is 12.1. The number of ether oxygens (including phenoxy) is 1. The van der Waals surface area contributed by atoms with Crippen molar-refractivity contribution in [1.29, 1.82) is 0 Å². The Kier molecular flexibility index (Phi) is 6.45. The summed E-state index contributed by atoms with van der Waals surface area (Å²) in [6.45, 7) is 5.16. The Morgan fingerprint density at radius 3 is 2.49 bits per heavy atom. The standard InChI is InChI=1S/C29H30FN3O2/c1-20-4-3-5-23(18-20)32-14-16-33(17-15-32)28(34)13-11-25-26-19-22(30)8-12-27(26)31-29(25)21-6-9-24(35-2)10-7-21/h3-10,12,18-19,31H,11,13-17H2,1-2H3. The van der Waals surface area contributed by atoms with E-state index in [0.29, 0.717) is 25.9 Å². The summed E-state index contributed by atoms with van der Waals surface area (Å²) in [5, 5.41) is 0.827. The van der Waals surface area contributed by atoms with Gasteiger partial charge in [0.1, 0.15) is 11.6 Å². The number of amides is 1. The number of carbonyl (C=O) groups excluding carboxylic acids is 1. The van der Waals surface area contributed by atoms with Gasteiger partial charge in [-0.15, -0.1) is 0 Å². The smallest absolute Gasteiger partial charge is 0.223 e. The number of benzene rings is 3. The Morgan fingerprint density at radius 1 is 1.00 bits per heavy atom. The molecule has 1 N–H and O–H groups in total. The van der Waals surface area contributed by atoms with Crippen molar-refractivity contribution in [3.8, 4) is 17.0 Å². The summed E-state index contributed by atoms with van der Waals surface area (Å²) in [7, 11) is 1.64. The number of aromatic amines is 1. The van der Waals surface area contributed by atoms with Crippen LogP contribution in [0, 0.1) is 12.7 Å². The summed E-state index contributed by atoms with van der Waals surface area (Å²) in [5.41, 5.74) is 6.19. The van der Waals surface area contributed by atoms with Crippen LogP contribution in [0.15, 0.2) is 66.7 Å². The number of nitrogens with one attached hydrogen (secondary N) is 1. The van der Waals surface area contributed by atoms with Crippen LogP contribution in [0.3, 0.4) is 0 Å². The van der Waals surface area contributed by atoms with Crippen LogP contribution in [0.4, 0.5) is 10.1 Å². The molecule has 0 saturated carbocycles. The molecule has 180 valence electrons. The van der Waals surface area contributed by atoms with Gasteiger partial charge in [0.2, 0.25) is 5.91 Å². The number of fused-ring (bicyclic) bond motifs is 1. The van der Waals surface area contributed by atoms with Crippen LogP contribution in [-0.4, -0.2) is 49.1 Å². The minimum Gasteiger partial charge on any atom is -0.497 e. The molecule has 2 heterocycles. The van der Waals surface area contributed by atoms with Crippen molar-refractivity contribution >= 4 is 22.5 Å². The van der Waals surface area contributed by atoms with Gasteiger partial charge < -0.3 is 19.5 Å². The van der Waals surface area contributed by atoms with Crippen molar-refractivity contribution in [3.05, 3.63) is 83.7 Å².